The summed E-state index contributed by atoms with van der Waals surface area (Å²) >= 11 is 0. The average molecular weight is 1110 g/mol. The van der Waals surface area contributed by atoms with E-state index in [1.807, 2.05) is 0 Å². The van der Waals surface area contributed by atoms with Gasteiger partial charge in [0.25, 0.3) is 6.71 Å². The Bertz CT molecular complexity index is 3730. The standard InChI is InChI=1S/C78H71BO2Si2/c1-52-45-64(82(58-29-17-11-18-30-58,59-31-19-12-20-32-59)60-33-21-13-22-34-60)46-53(2)72(52)66-51-67(73-54(3)47-65(48-55(73)4)83(61-35-23-14-24-36-61,62-37-25-15-26-38-62)63-39-27-16-28-40-63)76-74-75(66)80-70-43-41-56(77(5,6)7)49-68(70)79(74)69-50-57(78(8,9)10)42-44-71(69)81-76/h11-51H,1-10H3. The molecule has 5 heteroatoms. The summed E-state index contributed by atoms with van der Waals surface area (Å²) in [4.78, 5) is 0. The highest BCUT2D eigenvalue weighted by atomic mass is 28.3. The molecule has 0 saturated heterocycles. The van der Waals surface area contributed by atoms with Gasteiger partial charge in [0, 0.05) is 16.6 Å². The van der Waals surface area contributed by atoms with Crippen LogP contribution in [-0.4, -0.2) is 22.9 Å². The molecule has 406 valence electrons. The molecule has 0 aliphatic carbocycles. The van der Waals surface area contributed by atoms with Crippen LogP contribution in [0.2, 0.25) is 0 Å². The molecule has 2 aliphatic rings. The minimum absolute atomic E-state index is 0.0894. The molecule has 0 spiro atoms. The summed E-state index contributed by atoms with van der Waals surface area (Å²) in [6.07, 6.45) is 0. The van der Waals surface area contributed by atoms with Crippen LogP contribution in [0.3, 0.4) is 0 Å². The topological polar surface area (TPSA) is 18.5 Å². The number of hydrogen-bond donors (Lipinski definition) is 0. The molecule has 83 heavy (non-hydrogen) atoms. The summed E-state index contributed by atoms with van der Waals surface area (Å²) in [5.41, 5.74) is 15.1. The number of ether oxygens (including phenoxy) is 2. The lowest BCUT2D eigenvalue weighted by Gasteiger charge is -2.38. The molecule has 0 amide bonds. The Morgan fingerprint density at radius 3 is 0.819 bits per heavy atom. The third-order valence-corrected chi connectivity index (χ3v) is 27.6. The molecule has 2 heterocycles. The van der Waals surface area contributed by atoms with Gasteiger partial charge in [-0.25, -0.2) is 0 Å². The lowest BCUT2D eigenvalue weighted by Crippen LogP contribution is -2.74. The molecule has 0 aromatic heterocycles. The fourth-order valence-electron chi connectivity index (χ4n) is 14.2. The Morgan fingerprint density at radius 1 is 0.301 bits per heavy atom. The van der Waals surface area contributed by atoms with E-state index in [9.17, 15) is 0 Å². The molecule has 11 aromatic rings. The van der Waals surface area contributed by atoms with Crippen LogP contribution in [-0.2, 0) is 10.8 Å². The number of hydrogen-bond acceptors (Lipinski definition) is 2. The van der Waals surface area contributed by atoms with Gasteiger partial charge >= 0.3 is 0 Å². The van der Waals surface area contributed by atoms with Crippen LogP contribution in [0.15, 0.2) is 249 Å². The highest BCUT2D eigenvalue weighted by Gasteiger charge is 2.47. The van der Waals surface area contributed by atoms with E-state index in [-0.39, 0.29) is 17.5 Å². The van der Waals surface area contributed by atoms with E-state index in [0.29, 0.717) is 0 Å². The van der Waals surface area contributed by atoms with E-state index >= 15 is 0 Å². The molecule has 2 nitrogen and oxygen atoms in total. The molecule has 2 aliphatic heterocycles. The largest absolute Gasteiger partial charge is 0.458 e. The van der Waals surface area contributed by atoms with Crippen molar-refractivity contribution in [2.45, 2.75) is 80.1 Å². The summed E-state index contributed by atoms with van der Waals surface area (Å²) in [6.45, 7) is 23.0. The zero-order valence-corrected chi connectivity index (χ0v) is 51.6. The zero-order chi connectivity index (χ0) is 57.4. The molecule has 13 rings (SSSR count). The number of fused-ring (bicyclic) bond motifs is 4. The van der Waals surface area contributed by atoms with Crippen molar-refractivity contribution in [2.75, 3.05) is 0 Å². The normalized spacial score (nSPS) is 12.9. The molecular weight excluding hydrogens is 1040 g/mol. The molecule has 0 radical (unpaired) electrons. The maximum absolute atomic E-state index is 7.60. The van der Waals surface area contributed by atoms with Gasteiger partial charge in [0.15, 0.2) is 16.1 Å². The molecule has 11 aromatic carbocycles. The summed E-state index contributed by atoms with van der Waals surface area (Å²) in [7, 11) is -5.76. The van der Waals surface area contributed by atoms with Crippen LogP contribution in [0.25, 0.3) is 22.3 Å². The van der Waals surface area contributed by atoms with E-state index in [0.717, 1.165) is 39.6 Å². The Morgan fingerprint density at radius 2 is 0.566 bits per heavy atom. The maximum Gasteiger partial charge on any atom is 0.260 e. The van der Waals surface area contributed by atoms with E-state index < -0.39 is 16.1 Å². The van der Waals surface area contributed by atoms with Gasteiger partial charge < -0.3 is 9.47 Å². The maximum atomic E-state index is 7.60. The van der Waals surface area contributed by atoms with E-state index in [4.69, 9.17) is 9.47 Å². The predicted molar refractivity (Wildman–Crippen MR) is 359 cm³/mol. The van der Waals surface area contributed by atoms with E-state index in [1.165, 1.54) is 96.9 Å². The van der Waals surface area contributed by atoms with Crippen LogP contribution < -0.4 is 67.4 Å². The third-order valence-electron chi connectivity index (χ3n) is 18.1. The zero-order valence-electron chi connectivity index (χ0n) is 49.6. The summed E-state index contributed by atoms with van der Waals surface area (Å²) < 4.78 is 15.2. The van der Waals surface area contributed by atoms with Crippen LogP contribution >= 0.6 is 0 Å². The Kier molecular flexibility index (Phi) is 13.4. The van der Waals surface area contributed by atoms with Crippen molar-refractivity contribution >= 4 is 80.7 Å². The van der Waals surface area contributed by atoms with Crippen molar-refractivity contribution in [3.63, 3.8) is 0 Å². The first-order valence-corrected chi connectivity index (χ1v) is 33.5. The quantitative estimate of drug-likeness (QED) is 0.100. The van der Waals surface area contributed by atoms with Gasteiger partial charge in [-0.2, -0.15) is 0 Å². The first kappa shape index (κ1) is 53.8. The molecule has 0 N–H and O–H groups in total. The first-order chi connectivity index (χ1) is 40.1. The Hall–Kier alpha value is -8.48. The van der Waals surface area contributed by atoms with Gasteiger partial charge in [0.05, 0.1) is 0 Å². The SMILES string of the molecule is Cc1cc([Si](c2ccccc2)(c2ccccc2)c2ccccc2)cc(C)c1-c1cc(-c2c(C)cc([Si](c3ccccc3)(c3ccccc3)c3ccccc3)cc2C)c2c3c1Oc1ccc(C(C)(C)C)cc1B3c1cc(C(C)(C)C)ccc1O2. The molecule has 0 atom stereocenters. The van der Waals surface area contributed by atoms with Crippen LogP contribution in [0.4, 0.5) is 0 Å². The van der Waals surface area contributed by atoms with Gasteiger partial charge in [-0.05, 0) is 154 Å². The smallest absolute Gasteiger partial charge is 0.260 e. The van der Waals surface area contributed by atoms with Gasteiger partial charge in [0.2, 0.25) is 0 Å². The van der Waals surface area contributed by atoms with Crippen LogP contribution in [0.5, 0.6) is 23.0 Å². The lowest BCUT2D eigenvalue weighted by molar-refractivity contribution is 0.465. The van der Waals surface area contributed by atoms with E-state index in [2.05, 4.69) is 318 Å². The average Bonchev–Trinajstić information content (AvgIpc) is 3.51. The van der Waals surface area contributed by atoms with Crippen molar-refractivity contribution in [3.8, 4) is 45.3 Å². The monoisotopic (exact) mass is 1110 g/mol. The second-order valence-electron chi connectivity index (χ2n) is 25.4. The number of rotatable bonds is 10. The molecule has 0 saturated carbocycles. The van der Waals surface area contributed by atoms with Gasteiger partial charge in [0.1, 0.15) is 23.0 Å². The van der Waals surface area contributed by atoms with Gasteiger partial charge in [-0.1, -0.05) is 272 Å². The Labute approximate surface area is 494 Å². The van der Waals surface area contributed by atoms with Crippen LogP contribution in [0.1, 0.15) is 74.9 Å². The molecule has 0 fully saturated rings. The van der Waals surface area contributed by atoms with Crippen LogP contribution in [0, 0.1) is 27.7 Å². The minimum Gasteiger partial charge on any atom is -0.458 e. The molecule has 0 unspecified atom stereocenters. The predicted octanol–water partition coefficient (Wildman–Crippen LogP) is 12.3. The lowest BCUT2D eigenvalue weighted by atomic mass is 9.34. The van der Waals surface area contributed by atoms with Gasteiger partial charge in [-0.3, -0.25) is 0 Å². The number of aryl methyl sites for hydroxylation is 4. The van der Waals surface area contributed by atoms with Crippen molar-refractivity contribution in [1.82, 2.24) is 0 Å². The second-order valence-corrected chi connectivity index (χ2v) is 33.0. The highest BCUT2D eigenvalue weighted by molar-refractivity contribution is 7.20. The summed E-state index contributed by atoms with van der Waals surface area (Å²) in [5, 5.41) is 10.8. The third kappa shape index (κ3) is 8.90. The fraction of sp³-hybridized carbons (Fsp3) is 0.154. The highest BCUT2D eigenvalue weighted by Crippen LogP contribution is 2.49. The second kappa shape index (κ2) is 20.7. The first-order valence-electron chi connectivity index (χ1n) is 29.5. The van der Waals surface area contributed by atoms with Crippen molar-refractivity contribution in [1.29, 1.82) is 0 Å². The fourth-order valence-corrected chi connectivity index (χ4v) is 24.1. The number of benzene rings is 11. The van der Waals surface area contributed by atoms with Crippen molar-refractivity contribution in [2.24, 2.45) is 0 Å². The summed E-state index contributed by atoms with van der Waals surface area (Å²) in [6, 6.07) is 94.0. The van der Waals surface area contributed by atoms with Crippen molar-refractivity contribution < 1.29 is 9.47 Å². The van der Waals surface area contributed by atoms with Crippen molar-refractivity contribution in [3.05, 3.63) is 282 Å². The van der Waals surface area contributed by atoms with E-state index in [1.54, 1.807) is 0 Å². The minimum atomic E-state index is -2.88. The van der Waals surface area contributed by atoms with Gasteiger partial charge in [-0.15, -0.1) is 0 Å². The summed E-state index contributed by atoms with van der Waals surface area (Å²) in [5.74, 6) is 3.51. The molecular formula is C78H71BO2Si2. The molecule has 0 bridgehead atoms. The Balaban J connectivity index is 1.12.